The number of ether oxygens (including phenoxy) is 3. The fourth-order valence-electron chi connectivity index (χ4n) is 8.01. The van der Waals surface area contributed by atoms with Crippen LogP contribution in [0.15, 0.2) is 97.2 Å². The van der Waals surface area contributed by atoms with Crippen LogP contribution in [0.4, 0.5) is 0 Å². The first kappa shape index (κ1) is 65.6. The number of hydrogen-bond acceptors (Lipinski definition) is 10. The van der Waals surface area contributed by atoms with Crippen molar-refractivity contribution in [1.82, 2.24) is 5.32 Å². The third-order valence-corrected chi connectivity index (χ3v) is 12.5. The second kappa shape index (κ2) is 47.6. The molecule has 8 atom stereocenters. The van der Waals surface area contributed by atoms with Gasteiger partial charge in [0.1, 0.15) is 24.4 Å². The average Bonchev–Trinajstić information content (AvgIpc) is 3.37. The highest BCUT2D eigenvalue weighted by molar-refractivity contribution is 5.81. The van der Waals surface area contributed by atoms with Crippen LogP contribution >= 0.6 is 0 Å². The van der Waals surface area contributed by atoms with E-state index in [1.807, 2.05) is 12.2 Å². The monoisotopic (exact) mass is 996 g/mol. The van der Waals surface area contributed by atoms with Crippen LogP contribution in [-0.2, 0) is 23.8 Å². The first-order valence-electron chi connectivity index (χ1n) is 28.0. The number of aliphatic hydroxyl groups excluding tert-OH is 5. The average molecular weight is 996 g/mol. The summed E-state index contributed by atoms with van der Waals surface area (Å²) in [7, 11) is 0. The zero-order valence-electron chi connectivity index (χ0n) is 44.6. The summed E-state index contributed by atoms with van der Waals surface area (Å²) in [5.41, 5.74) is 0. The maximum absolute atomic E-state index is 13.3. The molecule has 8 unspecified atom stereocenters. The zero-order chi connectivity index (χ0) is 51.8. The van der Waals surface area contributed by atoms with E-state index in [-0.39, 0.29) is 19.4 Å². The third-order valence-electron chi connectivity index (χ3n) is 12.5. The Labute approximate surface area is 431 Å². The number of amides is 1. The summed E-state index contributed by atoms with van der Waals surface area (Å²) < 4.78 is 17.5. The van der Waals surface area contributed by atoms with E-state index in [0.717, 1.165) is 83.5 Å². The van der Waals surface area contributed by atoms with E-state index in [1.165, 1.54) is 77.0 Å². The van der Waals surface area contributed by atoms with Gasteiger partial charge in [0.25, 0.3) is 0 Å². The molecule has 0 aromatic rings. The molecule has 1 rings (SSSR count). The topological polar surface area (TPSA) is 175 Å². The Balaban J connectivity index is 2.77. The van der Waals surface area contributed by atoms with Gasteiger partial charge in [-0.25, -0.2) is 0 Å². The Bertz CT molecular complexity index is 1520. The third kappa shape index (κ3) is 36.2. The summed E-state index contributed by atoms with van der Waals surface area (Å²) in [6, 6.07) is -1.06. The Morgan fingerprint density at radius 1 is 0.563 bits per heavy atom. The molecular formula is C60H101NO10. The van der Waals surface area contributed by atoms with Gasteiger partial charge in [0.05, 0.1) is 25.4 Å². The summed E-state index contributed by atoms with van der Waals surface area (Å²) in [6.45, 7) is 5.57. The van der Waals surface area contributed by atoms with E-state index in [2.05, 4.69) is 99.0 Å². The standard InChI is InChI=1S/C60H101NO10/c1-4-7-10-13-16-19-22-24-25-26-27-28-29-30-33-36-39-42-45-48-55(65)71-58-57(67)56(66)54(49-62)70-60(58)69-50-51(52(63)46-43-40-37-34-31-21-18-15-12-9-6-3)61-59(68)53(64)47-44-41-38-35-32-23-20-17-14-11-8-5-2/h7,10,16,19,24-25,27-28,30,32-33,35,41,43-44,46,51-54,56-58,60,62-64,66-67H,4-6,8-9,11-15,17-18,20-23,26,29,31,34,36-40,42,45,47-50H2,1-3H3,(H,61,68)/b10-7-,19-16-,25-24-,28-27-,33-30-,35-32-,44-41+,46-43+. The number of nitrogens with one attached hydrogen (secondary N) is 1. The van der Waals surface area contributed by atoms with Crippen molar-refractivity contribution in [2.75, 3.05) is 13.2 Å². The number of unbranched alkanes of at least 4 members (excludes halogenated alkanes) is 18. The van der Waals surface area contributed by atoms with Crippen LogP contribution in [0, 0.1) is 0 Å². The lowest BCUT2D eigenvalue weighted by Gasteiger charge is -2.41. The van der Waals surface area contributed by atoms with Crippen LogP contribution in [0.3, 0.4) is 0 Å². The normalized spacial score (nSPS) is 20.4. The van der Waals surface area contributed by atoms with Crippen LogP contribution in [0.2, 0.25) is 0 Å². The molecule has 71 heavy (non-hydrogen) atoms. The van der Waals surface area contributed by atoms with Crippen molar-refractivity contribution in [2.45, 2.75) is 256 Å². The lowest BCUT2D eigenvalue weighted by Crippen LogP contribution is -2.61. The van der Waals surface area contributed by atoms with Crippen molar-refractivity contribution >= 4 is 11.9 Å². The van der Waals surface area contributed by atoms with E-state index in [4.69, 9.17) is 14.2 Å². The summed E-state index contributed by atoms with van der Waals surface area (Å²) in [4.78, 5) is 26.4. The van der Waals surface area contributed by atoms with Crippen molar-refractivity contribution in [2.24, 2.45) is 0 Å². The summed E-state index contributed by atoms with van der Waals surface area (Å²) in [5.74, 6) is -1.31. The van der Waals surface area contributed by atoms with Gasteiger partial charge in [0, 0.05) is 12.8 Å². The quantitative estimate of drug-likeness (QED) is 0.0196. The lowest BCUT2D eigenvalue weighted by atomic mass is 9.99. The molecule has 11 nitrogen and oxygen atoms in total. The molecule has 1 saturated heterocycles. The maximum atomic E-state index is 13.3. The van der Waals surface area contributed by atoms with Crippen LogP contribution in [0.1, 0.15) is 207 Å². The first-order chi connectivity index (χ1) is 34.7. The SMILES string of the molecule is CC/C=C\C/C=C\C/C=C\C/C=C\C/C=C\CCCCCC(=O)OC1C(OCC(NC(=O)C(O)C/C=C/C/C=C\CCCCCCCC)C(O)/C=C/CCCCCCCCCCC)OC(CO)C(O)C1O. The number of esters is 1. The predicted molar refractivity (Wildman–Crippen MR) is 292 cm³/mol. The van der Waals surface area contributed by atoms with Gasteiger partial charge in [0.2, 0.25) is 5.91 Å². The van der Waals surface area contributed by atoms with Crippen molar-refractivity contribution in [1.29, 1.82) is 0 Å². The van der Waals surface area contributed by atoms with Gasteiger partial charge in [-0.3, -0.25) is 9.59 Å². The highest BCUT2D eigenvalue weighted by Gasteiger charge is 2.47. The Morgan fingerprint density at radius 3 is 1.52 bits per heavy atom. The molecule has 0 bridgehead atoms. The molecule has 0 radical (unpaired) electrons. The van der Waals surface area contributed by atoms with Crippen LogP contribution in [-0.4, -0.2) is 99.6 Å². The molecule has 0 spiro atoms. The minimum Gasteiger partial charge on any atom is -0.454 e. The summed E-state index contributed by atoms with van der Waals surface area (Å²) in [6.07, 6.45) is 51.9. The van der Waals surface area contributed by atoms with Gasteiger partial charge in [0.15, 0.2) is 12.4 Å². The number of carbonyl (C=O) groups is 2. The summed E-state index contributed by atoms with van der Waals surface area (Å²) >= 11 is 0. The summed E-state index contributed by atoms with van der Waals surface area (Å²) in [5, 5.41) is 56.6. The minimum absolute atomic E-state index is 0.0735. The van der Waals surface area contributed by atoms with Crippen LogP contribution < -0.4 is 5.32 Å². The minimum atomic E-state index is -1.64. The molecule has 11 heteroatoms. The molecule has 0 aromatic carbocycles. The molecule has 6 N–H and O–H groups in total. The fraction of sp³-hybridized carbons (Fsp3) is 0.700. The van der Waals surface area contributed by atoms with Crippen molar-refractivity contribution in [3.8, 4) is 0 Å². The molecule has 1 heterocycles. The van der Waals surface area contributed by atoms with Crippen molar-refractivity contribution < 1.29 is 49.3 Å². The number of allylic oxidation sites excluding steroid dienone is 14. The molecule has 1 amide bonds. The van der Waals surface area contributed by atoms with Gasteiger partial charge in [-0.15, -0.1) is 0 Å². The zero-order valence-corrected chi connectivity index (χ0v) is 44.6. The second-order valence-corrected chi connectivity index (χ2v) is 18.9. The van der Waals surface area contributed by atoms with Crippen LogP contribution in [0.5, 0.6) is 0 Å². The second-order valence-electron chi connectivity index (χ2n) is 18.9. The highest BCUT2D eigenvalue weighted by Crippen LogP contribution is 2.26. The van der Waals surface area contributed by atoms with Crippen LogP contribution in [0.25, 0.3) is 0 Å². The number of rotatable bonds is 45. The Kier molecular flexibility index (Phi) is 44.0. The highest BCUT2D eigenvalue weighted by atomic mass is 16.7. The van der Waals surface area contributed by atoms with E-state index in [1.54, 1.807) is 12.2 Å². The molecule has 0 aliphatic carbocycles. The van der Waals surface area contributed by atoms with Gasteiger partial charge >= 0.3 is 5.97 Å². The largest absolute Gasteiger partial charge is 0.454 e. The molecular weight excluding hydrogens is 895 g/mol. The van der Waals surface area contributed by atoms with Crippen molar-refractivity contribution in [3.63, 3.8) is 0 Å². The Hall–Kier alpha value is -3.42. The Morgan fingerprint density at radius 2 is 1.01 bits per heavy atom. The van der Waals surface area contributed by atoms with Gasteiger partial charge < -0.3 is 45.1 Å². The van der Waals surface area contributed by atoms with Gasteiger partial charge in [-0.05, 0) is 83.5 Å². The van der Waals surface area contributed by atoms with Gasteiger partial charge in [-0.2, -0.15) is 0 Å². The smallest absolute Gasteiger partial charge is 0.306 e. The molecule has 406 valence electrons. The maximum Gasteiger partial charge on any atom is 0.306 e. The van der Waals surface area contributed by atoms with E-state index < -0.39 is 67.4 Å². The molecule has 1 aliphatic rings. The molecule has 0 saturated carbocycles. The molecule has 0 aromatic heterocycles. The number of carbonyl (C=O) groups excluding carboxylic acids is 2. The lowest BCUT2D eigenvalue weighted by molar-refractivity contribution is -0.305. The van der Waals surface area contributed by atoms with Crippen molar-refractivity contribution in [3.05, 3.63) is 97.2 Å². The number of aliphatic hydroxyl groups is 5. The van der Waals surface area contributed by atoms with E-state index in [9.17, 15) is 35.1 Å². The fourth-order valence-corrected chi connectivity index (χ4v) is 8.01. The van der Waals surface area contributed by atoms with Gasteiger partial charge in [-0.1, -0.05) is 208 Å². The number of hydrogen-bond donors (Lipinski definition) is 6. The van der Waals surface area contributed by atoms with E-state index >= 15 is 0 Å². The molecule has 1 aliphatic heterocycles. The molecule has 1 fully saturated rings. The predicted octanol–water partition coefficient (Wildman–Crippen LogP) is 12.4. The van der Waals surface area contributed by atoms with E-state index in [0.29, 0.717) is 12.8 Å². The first-order valence-corrected chi connectivity index (χ1v) is 28.0.